The van der Waals surface area contributed by atoms with Gasteiger partial charge in [0.15, 0.2) is 0 Å². The topological polar surface area (TPSA) is 50.2 Å². The molecule has 1 N–H and O–H groups in total. The molecule has 0 aliphatic carbocycles. The molecule has 1 aromatic carbocycles. The summed E-state index contributed by atoms with van der Waals surface area (Å²) < 4.78 is 2.00. The van der Waals surface area contributed by atoms with Crippen molar-refractivity contribution in [3.63, 3.8) is 0 Å². The molecule has 0 unspecified atom stereocenters. The summed E-state index contributed by atoms with van der Waals surface area (Å²) in [5.74, 6) is 0.859. The molecule has 1 amide bonds. The molecular weight excluding hydrogens is 312 g/mol. The molecule has 3 rings (SSSR count). The van der Waals surface area contributed by atoms with Crippen LogP contribution in [0.2, 0.25) is 0 Å². The largest absolute Gasteiger partial charge is 0.348 e. The first-order valence-electron chi connectivity index (χ1n) is 9.25. The molecule has 5 nitrogen and oxygen atoms in total. The van der Waals surface area contributed by atoms with E-state index in [-0.39, 0.29) is 11.9 Å². The van der Waals surface area contributed by atoms with Crippen molar-refractivity contribution in [3.05, 3.63) is 54.4 Å². The maximum absolute atomic E-state index is 12.3. The van der Waals surface area contributed by atoms with Gasteiger partial charge in [0.05, 0.1) is 12.6 Å². The molecule has 5 heteroatoms. The first-order chi connectivity index (χ1) is 12.2. The quantitative estimate of drug-likeness (QED) is 0.843. The Hall–Kier alpha value is -2.14. The van der Waals surface area contributed by atoms with Crippen LogP contribution in [0, 0.1) is 5.92 Å². The van der Waals surface area contributed by atoms with E-state index in [1.165, 1.54) is 19.3 Å². The minimum Gasteiger partial charge on any atom is -0.348 e. The van der Waals surface area contributed by atoms with Crippen LogP contribution >= 0.6 is 0 Å². The minimum atomic E-state index is 0.0558. The maximum Gasteiger partial charge on any atom is 0.234 e. The van der Waals surface area contributed by atoms with Crippen LogP contribution in [0.15, 0.2) is 48.8 Å². The van der Waals surface area contributed by atoms with Crippen molar-refractivity contribution in [2.24, 2.45) is 5.92 Å². The number of rotatable bonds is 7. The Labute approximate surface area is 150 Å². The minimum absolute atomic E-state index is 0.0558. The second-order valence-electron chi connectivity index (χ2n) is 6.98. The van der Waals surface area contributed by atoms with Crippen LogP contribution in [0.1, 0.15) is 37.8 Å². The van der Waals surface area contributed by atoms with E-state index in [0.717, 1.165) is 31.1 Å². The molecule has 1 aromatic heterocycles. The molecular formula is C20H28N4O. The average Bonchev–Trinajstić information content (AvgIpc) is 3.15. The molecule has 2 heterocycles. The third-order valence-electron chi connectivity index (χ3n) is 5.08. The van der Waals surface area contributed by atoms with Crippen LogP contribution < -0.4 is 5.32 Å². The van der Waals surface area contributed by atoms with Crippen molar-refractivity contribution in [1.82, 2.24) is 20.0 Å². The Morgan fingerprint density at radius 1 is 1.24 bits per heavy atom. The molecule has 0 saturated carbocycles. The first-order valence-corrected chi connectivity index (χ1v) is 9.25. The summed E-state index contributed by atoms with van der Waals surface area (Å²) in [5, 5.41) is 7.37. The number of nitrogens with one attached hydrogen (secondary N) is 1. The molecule has 25 heavy (non-hydrogen) atoms. The predicted octanol–water partition coefficient (Wildman–Crippen LogP) is 2.86. The van der Waals surface area contributed by atoms with Gasteiger partial charge in [-0.3, -0.25) is 14.4 Å². The number of benzene rings is 1. The van der Waals surface area contributed by atoms with Crippen LogP contribution in [0.25, 0.3) is 0 Å². The number of aromatic nitrogens is 2. The lowest BCUT2D eigenvalue weighted by Crippen LogP contribution is -2.42. The lowest BCUT2D eigenvalue weighted by molar-refractivity contribution is -0.123. The summed E-state index contributed by atoms with van der Waals surface area (Å²) in [6.07, 6.45) is 7.36. The normalized spacial score (nSPS) is 17.3. The van der Waals surface area contributed by atoms with E-state index in [1.807, 2.05) is 48.3 Å². The standard InChI is InChI=1S/C20H28N4O/c1-17(19-6-3-2-4-7-19)22-20(25)16-23-13-8-18(9-14-23)10-15-24-12-5-11-21-24/h2-7,11-12,17-18H,8-10,13-16H2,1H3,(H,22,25)/t17-/m0/s1. The average molecular weight is 340 g/mol. The van der Waals surface area contributed by atoms with E-state index < -0.39 is 0 Å². The number of amides is 1. The molecule has 1 saturated heterocycles. The molecule has 1 fully saturated rings. The molecule has 0 bridgehead atoms. The zero-order chi connectivity index (χ0) is 17.5. The zero-order valence-corrected chi connectivity index (χ0v) is 15.0. The number of aryl methyl sites for hydroxylation is 1. The van der Waals surface area contributed by atoms with Gasteiger partial charge < -0.3 is 5.32 Å². The first kappa shape index (κ1) is 17.7. The highest BCUT2D eigenvalue weighted by atomic mass is 16.2. The summed E-state index contributed by atoms with van der Waals surface area (Å²) in [6.45, 7) is 5.55. The fourth-order valence-corrected chi connectivity index (χ4v) is 3.50. The predicted molar refractivity (Wildman–Crippen MR) is 99.0 cm³/mol. The smallest absolute Gasteiger partial charge is 0.234 e. The van der Waals surface area contributed by atoms with Crippen molar-refractivity contribution >= 4 is 5.91 Å². The molecule has 0 radical (unpaired) electrons. The SMILES string of the molecule is C[C@H](NC(=O)CN1CCC(CCn2cccn2)CC1)c1ccccc1. The number of piperidine rings is 1. The van der Waals surface area contributed by atoms with Gasteiger partial charge in [0.1, 0.15) is 0 Å². The highest BCUT2D eigenvalue weighted by Gasteiger charge is 2.21. The van der Waals surface area contributed by atoms with E-state index in [9.17, 15) is 4.79 Å². The van der Waals surface area contributed by atoms with Crippen molar-refractivity contribution in [1.29, 1.82) is 0 Å². The highest BCUT2D eigenvalue weighted by molar-refractivity contribution is 5.78. The maximum atomic E-state index is 12.3. The summed E-state index contributed by atoms with van der Waals surface area (Å²) in [6, 6.07) is 12.1. The molecule has 1 atom stereocenters. The number of carbonyl (C=O) groups excluding carboxylic acids is 1. The Kier molecular flexibility index (Phi) is 6.23. The van der Waals surface area contributed by atoms with Gasteiger partial charge in [-0.25, -0.2) is 0 Å². The number of hydrogen-bond donors (Lipinski definition) is 1. The second kappa shape index (κ2) is 8.81. The fraction of sp³-hybridized carbons (Fsp3) is 0.500. The van der Waals surface area contributed by atoms with E-state index in [4.69, 9.17) is 0 Å². The molecule has 134 valence electrons. The zero-order valence-electron chi connectivity index (χ0n) is 15.0. The number of carbonyl (C=O) groups is 1. The van der Waals surface area contributed by atoms with Crippen LogP contribution in [-0.4, -0.2) is 40.2 Å². The van der Waals surface area contributed by atoms with Gasteiger partial charge in [0.2, 0.25) is 5.91 Å². The van der Waals surface area contributed by atoms with Crippen molar-refractivity contribution in [3.8, 4) is 0 Å². The summed E-state index contributed by atoms with van der Waals surface area (Å²) >= 11 is 0. The van der Waals surface area contributed by atoms with E-state index >= 15 is 0 Å². The second-order valence-corrected chi connectivity index (χ2v) is 6.98. The van der Waals surface area contributed by atoms with Gasteiger partial charge in [-0.1, -0.05) is 30.3 Å². The summed E-state index contributed by atoms with van der Waals surface area (Å²) in [5.41, 5.74) is 1.15. The van der Waals surface area contributed by atoms with Gasteiger partial charge in [-0.15, -0.1) is 0 Å². The van der Waals surface area contributed by atoms with E-state index in [0.29, 0.717) is 6.54 Å². The molecule has 1 aliphatic rings. The summed E-state index contributed by atoms with van der Waals surface area (Å²) in [4.78, 5) is 14.6. The number of hydrogen-bond acceptors (Lipinski definition) is 3. The number of nitrogens with zero attached hydrogens (tertiary/aromatic N) is 3. The monoisotopic (exact) mass is 340 g/mol. The Bertz CT molecular complexity index is 633. The molecule has 2 aromatic rings. The fourth-order valence-electron chi connectivity index (χ4n) is 3.50. The van der Waals surface area contributed by atoms with Gasteiger partial charge in [0.25, 0.3) is 0 Å². The van der Waals surface area contributed by atoms with E-state index in [1.54, 1.807) is 0 Å². The third kappa shape index (κ3) is 5.43. The van der Waals surface area contributed by atoms with Gasteiger partial charge >= 0.3 is 0 Å². The molecule has 0 spiro atoms. The van der Waals surface area contributed by atoms with Crippen LogP contribution in [0.3, 0.4) is 0 Å². The van der Waals surface area contributed by atoms with Crippen molar-refractivity contribution in [2.75, 3.05) is 19.6 Å². The lowest BCUT2D eigenvalue weighted by atomic mass is 9.93. The third-order valence-corrected chi connectivity index (χ3v) is 5.08. The summed E-state index contributed by atoms with van der Waals surface area (Å²) in [7, 11) is 0. The highest BCUT2D eigenvalue weighted by Crippen LogP contribution is 2.21. The van der Waals surface area contributed by atoms with Crippen LogP contribution in [0.4, 0.5) is 0 Å². The van der Waals surface area contributed by atoms with Crippen LogP contribution in [0.5, 0.6) is 0 Å². The Morgan fingerprint density at radius 2 is 2.00 bits per heavy atom. The van der Waals surface area contributed by atoms with Gasteiger partial charge in [-0.2, -0.15) is 5.10 Å². The molecule has 1 aliphatic heterocycles. The number of likely N-dealkylation sites (tertiary alicyclic amines) is 1. The van der Waals surface area contributed by atoms with Gasteiger partial charge in [-0.05, 0) is 56.8 Å². The Balaban J connectivity index is 1.36. The van der Waals surface area contributed by atoms with Gasteiger partial charge in [0, 0.05) is 18.9 Å². The Morgan fingerprint density at radius 3 is 2.68 bits per heavy atom. The van der Waals surface area contributed by atoms with E-state index in [2.05, 4.69) is 27.4 Å². The lowest BCUT2D eigenvalue weighted by Gasteiger charge is -2.31. The van der Waals surface area contributed by atoms with Crippen molar-refractivity contribution in [2.45, 2.75) is 38.8 Å². The van der Waals surface area contributed by atoms with Crippen molar-refractivity contribution < 1.29 is 4.79 Å². The van der Waals surface area contributed by atoms with Crippen LogP contribution in [-0.2, 0) is 11.3 Å².